The molecule has 1 aliphatic carbocycles. The lowest BCUT2D eigenvalue weighted by Crippen LogP contribution is -2.34. The van der Waals surface area contributed by atoms with E-state index in [1.807, 2.05) is 6.92 Å². The molecule has 92 valence electrons. The summed E-state index contributed by atoms with van der Waals surface area (Å²) >= 11 is 0. The molecule has 16 heavy (non-hydrogen) atoms. The van der Waals surface area contributed by atoms with E-state index in [-0.39, 0.29) is 18.0 Å². The highest BCUT2D eigenvalue weighted by Crippen LogP contribution is 2.48. The van der Waals surface area contributed by atoms with Gasteiger partial charge in [0.2, 0.25) is 0 Å². The monoisotopic (exact) mass is 224 g/mol. The summed E-state index contributed by atoms with van der Waals surface area (Å²) in [7, 11) is 0. The van der Waals surface area contributed by atoms with E-state index in [1.165, 1.54) is 32.1 Å². The molecule has 0 aromatic carbocycles. The second-order valence-corrected chi connectivity index (χ2v) is 6.08. The largest absolute Gasteiger partial charge is 0.462 e. The minimum atomic E-state index is 0.0368. The van der Waals surface area contributed by atoms with Crippen LogP contribution in [-0.4, -0.2) is 12.1 Å². The molecule has 0 spiro atoms. The van der Waals surface area contributed by atoms with Crippen molar-refractivity contribution >= 4 is 5.97 Å². The number of hydrogen-bond acceptors (Lipinski definition) is 2. The second-order valence-electron chi connectivity index (χ2n) is 6.08. The van der Waals surface area contributed by atoms with Crippen molar-refractivity contribution in [1.82, 2.24) is 0 Å². The average Bonchev–Trinajstić information content (AvgIpc) is 2.51. The number of carbonyl (C=O) groups is 1. The summed E-state index contributed by atoms with van der Waals surface area (Å²) in [5.74, 6) is 0.678. The van der Waals surface area contributed by atoms with Crippen molar-refractivity contribution in [2.24, 2.45) is 17.3 Å². The summed E-state index contributed by atoms with van der Waals surface area (Å²) in [6.45, 7) is 6.64. The van der Waals surface area contributed by atoms with Crippen LogP contribution in [0.2, 0.25) is 0 Å². The summed E-state index contributed by atoms with van der Waals surface area (Å²) in [5, 5.41) is 0. The van der Waals surface area contributed by atoms with E-state index >= 15 is 0 Å². The lowest BCUT2D eigenvalue weighted by atomic mass is 9.66. The highest BCUT2D eigenvalue weighted by molar-refractivity contribution is 5.74. The molecular weight excluding hydrogens is 200 g/mol. The van der Waals surface area contributed by atoms with Gasteiger partial charge in [-0.05, 0) is 31.1 Å². The van der Waals surface area contributed by atoms with E-state index in [1.54, 1.807) is 0 Å². The first kappa shape index (κ1) is 11.9. The van der Waals surface area contributed by atoms with Crippen LogP contribution in [0.3, 0.4) is 0 Å². The van der Waals surface area contributed by atoms with Crippen molar-refractivity contribution in [1.29, 1.82) is 0 Å². The van der Waals surface area contributed by atoms with Crippen molar-refractivity contribution in [3.8, 4) is 0 Å². The Kier molecular flexibility index (Phi) is 3.27. The lowest BCUT2D eigenvalue weighted by Gasteiger charge is -2.39. The van der Waals surface area contributed by atoms with Crippen LogP contribution in [0.25, 0.3) is 0 Å². The van der Waals surface area contributed by atoms with Gasteiger partial charge in [-0.1, -0.05) is 33.6 Å². The van der Waals surface area contributed by atoms with Gasteiger partial charge in [0, 0.05) is 5.92 Å². The van der Waals surface area contributed by atoms with Crippen LogP contribution >= 0.6 is 0 Å². The summed E-state index contributed by atoms with van der Waals surface area (Å²) in [6, 6.07) is 0. The minimum absolute atomic E-state index is 0.0368. The van der Waals surface area contributed by atoms with Crippen molar-refractivity contribution in [2.75, 3.05) is 0 Å². The lowest BCUT2D eigenvalue weighted by molar-refractivity contribution is -0.145. The van der Waals surface area contributed by atoms with Crippen LogP contribution in [0.15, 0.2) is 0 Å². The number of hydrogen-bond donors (Lipinski definition) is 0. The Labute approximate surface area is 98.7 Å². The van der Waals surface area contributed by atoms with E-state index in [4.69, 9.17) is 4.74 Å². The molecule has 2 nitrogen and oxygen atoms in total. The number of unbranched alkanes of at least 4 members (excludes halogenated alkanes) is 1. The molecule has 1 saturated heterocycles. The van der Waals surface area contributed by atoms with Gasteiger partial charge in [0.15, 0.2) is 0 Å². The third-order valence-electron chi connectivity index (χ3n) is 4.67. The number of esters is 1. The quantitative estimate of drug-likeness (QED) is 0.685. The van der Waals surface area contributed by atoms with Crippen LogP contribution in [-0.2, 0) is 9.53 Å². The maximum atomic E-state index is 11.5. The van der Waals surface area contributed by atoms with E-state index in [0.717, 1.165) is 6.42 Å². The Bertz CT molecular complexity index is 274. The summed E-state index contributed by atoms with van der Waals surface area (Å²) < 4.78 is 5.51. The van der Waals surface area contributed by atoms with Gasteiger partial charge in [-0.25, -0.2) is 0 Å². The zero-order valence-corrected chi connectivity index (χ0v) is 10.8. The summed E-state index contributed by atoms with van der Waals surface area (Å²) in [6.07, 6.45) is 7.62. The van der Waals surface area contributed by atoms with Gasteiger partial charge in [-0.3, -0.25) is 4.79 Å². The third-order valence-corrected chi connectivity index (χ3v) is 4.67. The van der Waals surface area contributed by atoms with Crippen LogP contribution < -0.4 is 0 Å². The first-order valence-electron chi connectivity index (χ1n) is 6.76. The third kappa shape index (κ3) is 2.11. The van der Waals surface area contributed by atoms with Gasteiger partial charge in [0.1, 0.15) is 6.10 Å². The Morgan fingerprint density at radius 1 is 1.50 bits per heavy atom. The zero-order valence-electron chi connectivity index (χ0n) is 10.8. The van der Waals surface area contributed by atoms with E-state index in [9.17, 15) is 4.79 Å². The molecule has 2 fully saturated rings. The average molecular weight is 224 g/mol. The van der Waals surface area contributed by atoms with Crippen molar-refractivity contribution in [2.45, 2.75) is 65.4 Å². The predicted octanol–water partition coefficient (Wildman–Crippen LogP) is 3.54. The Morgan fingerprint density at radius 2 is 2.25 bits per heavy atom. The molecule has 0 radical (unpaired) electrons. The molecule has 1 heterocycles. The second kappa shape index (κ2) is 4.38. The normalized spacial score (nSPS) is 42.9. The standard InChI is InChI=1S/C14H24O2/c1-4-5-7-14(3)8-6-11-10(2)13(15)16-12(11)9-14/h10-12H,4-9H2,1-3H3/t10-,11+,12-,14?/m1/s1. The fraction of sp³-hybridized carbons (Fsp3) is 0.929. The van der Waals surface area contributed by atoms with E-state index in [2.05, 4.69) is 13.8 Å². The summed E-state index contributed by atoms with van der Waals surface area (Å²) in [5.41, 5.74) is 0.418. The fourth-order valence-electron chi connectivity index (χ4n) is 3.40. The van der Waals surface area contributed by atoms with Crippen LogP contribution in [0.1, 0.15) is 59.3 Å². The van der Waals surface area contributed by atoms with Gasteiger partial charge in [-0.2, -0.15) is 0 Å². The van der Waals surface area contributed by atoms with Crippen LogP contribution in [0.5, 0.6) is 0 Å². The molecular formula is C14H24O2. The van der Waals surface area contributed by atoms with Crippen LogP contribution in [0.4, 0.5) is 0 Å². The first-order chi connectivity index (χ1) is 7.56. The molecule has 0 amide bonds. The molecule has 2 rings (SSSR count). The van der Waals surface area contributed by atoms with Crippen LogP contribution in [0, 0.1) is 17.3 Å². The summed E-state index contributed by atoms with van der Waals surface area (Å²) in [4.78, 5) is 11.5. The molecule has 2 aliphatic rings. The maximum absolute atomic E-state index is 11.5. The molecule has 0 N–H and O–H groups in total. The first-order valence-corrected chi connectivity index (χ1v) is 6.76. The maximum Gasteiger partial charge on any atom is 0.309 e. The molecule has 0 bridgehead atoms. The Balaban J connectivity index is 1.98. The topological polar surface area (TPSA) is 26.3 Å². The number of ether oxygens (including phenoxy) is 1. The fourth-order valence-corrected chi connectivity index (χ4v) is 3.40. The molecule has 0 aromatic rings. The molecule has 0 aromatic heterocycles. The Hall–Kier alpha value is -0.530. The molecule has 2 heteroatoms. The number of carbonyl (C=O) groups excluding carboxylic acids is 1. The van der Waals surface area contributed by atoms with E-state index in [0.29, 0.717) is 11.3 Å². The number of rotatable bonds is 3. The Morgan fingerprint density at radius 3 is 2.94 bits per heavy atom. The van der Waals surface area contributed by atoms with Gasteiger partial charge < -0.3 is 4.74 Å². The highest BCUT2D eigenvalue weighted by Gasteiger charge is 2.48. The molecule has 1 unspecified atom stereocenters. The SMILES string of the molecule is CCCCC1(C)CC[C@@H]2[C@@H](C1)OC(=O)[C@@H]2C. The zero-order chi connectivity index (χ0) is 11.8. The van der Waals surface area contributed by atoms with Crippen molar-refractivity contribution in [3.63, 3.8) is 0 Å². The number of fused-ring (bicyclic) bond motifs is 1. The van der Waals surface area contributed by atoms with Crippen molar-refractivity contribution < 1.29 is 9.53 Å². The predicted molar refractivity (Wildman–Crippen MR) is 64.0 cm³/mol. The van der Waals surface area contributed by atoms with Gasteiger partial charge in [0.25, 0.3) is 0 Å². The molecule has 4 atom stereocenters. The van der Waals surface area contributed by atoms with Gasteiger partial charge >= 0.3 is 5.97 Å². The van der Waals surface area contributed by atoms with E-state index < -0.39 is 0 Å². The smallest absolute Gasteiger partial charge is 0.309 e. The highest BCUT2D eigenvalue weighted by atomic mass is 16.6. The minimum Gasteiger partial charge on any atom is -0.462 e. The molecule has 1 saturated carbocycles. The molecule has 1 aliphatic heterocycles. The van der Waals surface area contributed by atoms with Crippen molar-refractivity contribution in [3.05, 3.63) is 0 Å². The van der Waals surface area contributed by atoms with Gasteiger partial charge in [0.05, 0.1) is 5.92 Å². The van der Waals surface area contributed by atoms with Gasteiger partial charge in [-0.15, -0.1) is 0 Å².